The van der Waals surface area contributed by atoms with E-state index in [0.717, 1.165) is 0 Å². The normalized spacial score (nSPS) is 32.0. The molecule has 0 aliphatic heterocycles. The minimum atomic E-state index is -4.34. The Kier molecular flexibility index (Phi) is 7.11. The van der Waals surface area contributed by atoms with Gasteiger partial charge in [0.05, 0.1) is 31.8 Å². The molecule has 1 fully saturated rings. The summed E-state index contributed by atoms with van der Waals surface area (Å²) in [4.78, 5) is 27.8. The number of phosphoric acid groups is 1. The zero-order chi connectivity index (χ0) is 18.1. The molecule has 0 bridgehead atoms. The average Bonchev–Trinajstić information content (AvgIpc) is 2.58. The van der Waals surface area contributed by atoms with Crippen LogP contribution in [0.1, 0.15) is 33.6 Å². The molecule has 134 valence electrons. The average molecular weight is 370 g/mol. The summed E-state index contributed by atoms with van der Waals surface area (Å²) in [6.45, 7) is 4.85. The first-order valence-electron chi connectivity index (χ1n) is 7.29. The number of hydrogen-bond donors (Lipinski definition) is 3. The van der Waals surface area contributed by atoms with Crippen molar-refractivity contribution in [1.82, 2.24) is 0 Å². The minimum absolute atomic E-state index is 0.187. The number of methoxy groups -OCH3 is 1. The smallest absolute Gasteiger partial charge is 0.378 e. The van der Waals surface area contributed by atoms with Crippen LogP contribution in [0.2, 0.25) is 5.82 Å². The summed E-state index contributed by atoms with van der Waals surface area (Å²) >= 11 is 0. The van der Waals surface area contributed by atoms with Crippen LogP contribution in [-0.4, -0.2) is 53.6 Å². The lowest BCUT2D eigenvalue weighted by Gasteiger charge is -2.29. The van der Waals surface area contributed by atoms with Crippen LogP contribution in [0.15, 0.2) is 0 Å². The van der Waals surface area contributed by atoms with Crippen LogP contribution < -0.4 is 0 Å². The Labute approximate surface area is 138 Å². The molecule has 0 spiro atoms. The third kappa shape index (κ3) is 7.37. The van der Waals surface area contributed by atoms with Gasteiger partial charge < -0.3 is 19.4 Å². The topological polar surface area (TPSA) is 123 Å². The van der Waals surface area contributed by atoms with E-state index in [4.69, 9.17) is 31.4 Å². The van der Waals surface area contributed by atoms with Crippen molar-refractivity contribution >= 4 is 23.3 Å². The monoisotopic (exact) mass is 370 g/mol. The SMILES string of the molecule is [B]C1C[C@H](CCP(=O)(O)O)[C@@H](OC)[C@H]1OP(=O)(O)OC(C)(C)C. The fourth-order valence-corrected chi connectivity index (χ4v) is 4.72. The van der Waals surface area contributed by atoms with E-state index in [-0.39, 0.29) is 18.5 Å². The first-order valence-corrected chi connectivity index (χ1v) is 10.6. The summed E-state index contributed by atoms with van der Waals surface area (Å²) in [5, 5.41) is 0. The van der Waals surface area contributed by atoms with Crippen LogP contribution >= 0.6 is 15.4 Å². The van der Waals surface area contributed by atoms with Crippen molar-refractivity contribution in [2.24, 2.45) is 5.92 Å². The van der Waals surface area contributed by atoms with Crippen molar-refractivity contribution in [2.45, 2.75) is 57.2 Å². The Morgan fingerprint density at radius 2 is 1.74 bits per heavy atom. The molecule has 1 rings (SSSR count). The first-order chi connectivity index (χ1) is 10.2. The van der Waals surface area contributed by atoms with E-state index >= 15 is 0 Å². The molecule has 1 saturated carbocycles. The second-order valence-electron chi connectivity index (χ2n) is 6.78. The molecule has 1 aliphatic rings. The maximum atomic E-state index is 12.1. The van der Waals surface area contributed by atoms with Crippen molar-refractivity contribution in [3.8, 4) is 0 Å². The van der Waals surface area contributed by atoms with Crippen LogP contribution in [0.25, 0.3) is 0 Å². The molecule has 0 amide bonds. The van der Waals surface area contributed by atoms with Crippen molar-refractivity contribution in [2.75, 3.05) is 13.3 Å². The zero-order valence-corrected chi connectivity index (χ0v) is 15.6. The summed E-state index contributed by atoms with van der Waals surface area (Å²) in [6.07, 6.45) is -1.27. The van der Waals surface area contributed by atoms with E-state index in [1.807, 2.05) is 0 Å². The first kappa shape index (κ1) is 21.3. The van der Waals surface area contributed by atoms with Gasteiger partial charge in [0, 0.05) is 7.11 Å². The fraction of sp³-hybridized carbons (Fsp3) is 1.00. The summed E-state index contributed by atoms with van der Waals surface area (Å²) < 4.78 is 38.6. The number of hydrogen-bond acceptors (Lipinski definition) is 5. The highest BCUT2D eigenvalue weighted by Crippen LogP contribution is 2.53. The lowest BCUT2D eigenvalue weighted by atomic mass is 9.83. The Hall–Kier alpha value is 0.285. The van der Waals surface area contributed by atoms with Crippen molar-refractivity contribution < 1.29 is 37.6 Å². The Bertz CT molecular complexity index is 488. The number of phosphoric ester groups is 1. The highest BCUT2D eigenvalue weighted by Gasteiger charge is 2.46. The van der Waals surface area contributed by atoms with E-state index in [1.54, 1.807) is 20.8 Å². The van der Waals surface area contributed by atoms with Crippen LogP contribution in [0.3, 0.4) is 0 Å². The van der Waals surface area contributed by atoms with Gasteiger partial charge in [-0.25, -0.2) is 4.57 Å². The van der Waals surface area contributed by atoms with E-state index in [0.29, 0.717) is 6.42 Å². The summed E-state index contributed by atoms with van der Waals surface area (Å²) in [6, 6.07) is 0. The molecule has 2 radical (unpaired) electrons. The second-order valence-corrected chi connectivity index (χ2v) is 9.89. The van der Waals surface area contributed by atoms with Gasteiger partial charge in [0.1, 0.15) is 0 Å². The van der Waals surface area contributed by atoms with Crippen molar-refractivity contribution in [3.05, 3.63) is 0 Å². The van der Waals surface area contributed by atoms with Gasteiger partial charge in [0.15, 0.2) is 0 Å². The van der Waals surface area contributed by atoms with Crippen LogP contribution in [0.5, 0.6) is 0 Å². The molecular formula is C12H25BO8P2. The number of ether oxygens (including phenoxy) is 1. The van der Waals surface area contributed by atoms with Gasteiger partial charge in [0.2, 0.25) is 0 Å². The van der Waals surface area contributed by atoms with Gasteiger partial charge >= 0.3 is 15.4 Å². The van der Waals surface area contributed by atoms with Crippen molar-refractivity contribution in [1.29, 1.82) is 0 Å². The summed E-state index contributed by atoms with van der Waals surface area (Å²) in [5.41, 5.74) is -0.880. The molecule has 0 heterocycles. The van der Waals surface area contributed by atoms with Gasteiger partial charge in [-0.15, -0.1) is 0 Å². The van der Waals surface area contributed by atoms with Gasteiger partial charge in [-0.3, -0.25) is 13.6 Å². The molecule has 3 N–H and O–H groups in total. The summed E-state index contributed by atoms with van der Waals surface area (Å²) in [7, 11) is -1.11. The zero-order valence-electron chi connectivity index (χ0n) is 13.8. The van der Waals surface area contributed by atoms with E-state index in [2.05, 4.69) is 0 Å². The maximum absolute atomic E-state index is 12.1. The molecule has 0 aromatic heterocycles. The molecule has 2 unspecified atom stereocenters. The highest BCUT2D eigenvalue weighted by molar-refractivity contribution is 7.51. The van der Waals surface area contributed by atoms with Gasteiger partial charge in [0.25, 0.3) is 0 Å². The number of rotatable bonds is 7. The summed E-state index contributed by atoms with van der Waals surface area (Å²) in [5.74, 6) is -0.868. The largest absolute Gasteiger partial charge is 0.473 e. The highest BCUT2D eigenvalue weighted by atomic mass is 31.2. The van der Waals surface area contributed by atoms with Gasteiger partial charge in [-0.2, -0.15) is 0 Å². The third-order valence-corrected chi connectivity index (χ3v) is 5.62. The van der Waals surface area contributed by atoms with Gasteiger partial charge in [-0.05, 0) is 38.9 Å². The molecule has 0 aromatic carbocycles. The van der Waals surface area contributed by atoms with Crippen molar-refractivity contribution in [3.63, 3.8) is 0 Å². The predicted molar refractivity (Wildman–Crippen MR) is 85.5 cm³/mol. The molecule has 1 aliphatic carbocycles. The lowest BCUT2D eigenvalue weighted by molar-refractivity contribution is -0.0280. The Balaban J connectivity index is 2.78. The van der Waals surface area contributed by atoms with Crippen LogP contribution in [0, 0.1) is 5.92 Å². The molecule has 11 heteroatoms. The maximum Gasteiger partial charge on any atom is 0.473 e. The minimum Gasteiger partial charge on any atom is -0.378 e. The molecule has 23 heavy (non-hydrogen) atoms. The van der Waals surface area contributed by atoms with Gasteiger partial charge in [-0.1, -0.05) is 6.42 Å². The third-order valence-electron chi connectivity index (χ3n) is 3.49. The Morgan fingerprint density at radius 1 is 1.17 bits per heavy atom. The fourth-order valence-electron chi connectivity index (χ4n) is 2.73. The Morgan fingerprint density at radius 3 is 2.17 bits per heavy atom. The standard InChI is InChI=1S/C12H25BO8P2/c1-12(2,3)21-23(17,18)20-11-9(13)7-8(10(11)19-4)5-6-22(14,15)16/h8-11H,5-7H2,1-4H3,(H,17,18)(H2,14,15,16)/t8-,9?,10+,11-/m0/s1. The molecule has 5 atom stereocenters. The molecule has 8 nitrogen and oxygen atoms in total. The van der Waals surface area contributed by atoms with Crippen LogP contribution in [0.4, 0.5) is 0 Å². The molecular weight excluding hydrogens is 345 g/mol. The van der Waals surface area contributed by atoms with E-state index in [1.165, 1.54) is 7.11 Å². The van der Waals surface area contributed by atoms with E-state index < -0.39 is 39.0 Å². The predicted octanol–water partition coefficient (Wildman–Crippen LogP) is 1.85. The van der Waals surface area contributed by atoms with Crippen LogP contribution in [-0.2, 0) is 22.9 Å². The molecule has 0 saturated heterocycles. The second kappa shape index (κ2) is 7.67. The lowest BCUT2D eigenvalue weighted by Crippen LogP contribution is -2.32. The quantitative estimate of drug-likeness (QED) is 0.458. The molecule has 0 aromatic rings. The van der Waals surface area contributed by atoms with E-state index in [9.17, 15) is 14.0 Å².